The van der Waals surface area contributed by atoms with E-state index in [2.05, 4.69) is 20.2 Å². The first-order valence-corrected chi connectivity index (χ1v) is 8.84. The number of thiophene rings is 1. The highest BCUT2D eigenvalue weighted by molar-refractivity contribution is 7.07. The maximum atomic E-state index is 12.0. The number of aromatic nitrogens is 2. The first-order valence-electron chi connectivity index (χ1n) is 7.89. The fraction of sp³-hybridized carbons (Fsp3) is 0.294. The second-order valence-corrected chi connectivity index (χ2v) is 6.29. The Morgan fingerprint density at radius 3 is 2.84 bits per heavy atom. The Morgan fingerprint density at radius 2 is 2.16 bits per heavy atom. The van der Waals surface area contributed by atoms with Crippen LogP contribution in [0.15, 0.2) is 44.4 Å². The van der Waals surface area contributed by atoms with Crippen LogP contribution in [0.3, 0.4) is 0 Å². The van der Waals surface area contributed by atoms with Gasteiger partial charge in [0.15, 0.2) is 0 Å². The molecule has 3 heterocycles. The second-order valence-electron chi connectivity index (χ2n) is 5.51. The van der Waals surface area contributed by atoms with Crippen LogP contribution in [0, 0.1) is 0 Å². The number of nitrogens with zero attached hydrogens (tertiary/aromatic N) is 1. The van der Waals surface area contributed by atoms with Gasteiger partial charge in [-0.15, -0.1) is 0 Å². The van der Waals surface area contributed by atoms with Crippen molar-refractivity contribution >= 4 is 17.3 Å². The Bertz CT molecular complexity index is 813. The summed E-state index contributed by atoms with van der Waals surface area (Å²) >= 11 is 1.63. The van der Waals surface area contributed by atoms with E-state index in [1.165, 1.54) is 0 Å². The van der Waals surface area contributed by atoms with Gasteiger partial charge in [0.1, 0.15) is 11.5 Å². The van der Waals surface area contributed by atoms with Gasteiger partial charge in [-0.05, 0) is 41.4 Å². The van der Waals surface area contributed by atoms with Gasteiger partial charge in [0, 0.05) is 13.1 Å². The molecular formula is C17H19N3O4S. The van der Waals surface area contributed by atoms with E-state index in [0.717, 1.165) is 11.3 Å². The minimum Gasteiger partial charge on any atom is -0.468 e. The number of esters is 1. The van der Waals surface area contributed by atoms with Crippen molar-refractivity contribution in [3.63, 3.8) is 0 Å². The molecule has 3 aromatic rings. The quantitative estimate of drug-likeness (QED) is 0.602. The summed E-state index contributed by atoms with van der Waals surface area (Å²) in [6.45, 7) is 3.57. The monoisotopic (exact) mass is 361 g/mol. The fourth-order valence-electron chi connectivity index (χ4n) is 2.57. The minimum absolute atomic E-state index is 0.168. The molecule has 0 aromatic carbocycles. The molecule has 7 nitrogen and oxygen atoms in total. The number of aromatic amines is 2. The van der Waals surface area contributed by atoms with Gasteiger partial charge in [0.05, 0.1) is 25.1 Å². The van der Waals surface area contributed by atoms with Crippen molar-refractivity contribution in [2.24, 2.45) is 0 Å². The van der Waals surface area contributed by atoms with Gasteiger partial charge >= 0.3 is 11.7 Å². The number of furan rings is 1. The smallest absolute Gasteiger partial charge is 0.356 e. The highest BCUT2D eigenvalue weighted by Crippen LogP contribution is 2.16. The van der Waals surface area contributed by atoms with Gasteiger partial charge < -0.3 is 14.1 Å². The van der Waals surface area contributed by atoms with Crippen LogP contribution in [0.25, 0.3) is 0 Å². The number of ether oxygens (including phenoxy) is 1. The number of hydrogen-bond acceptors (Lipinski definition) is 6. The number of nitrogens with one attached hydrogen (secondary N) is 2. The van der Waals surface area contributed by atoms with Crippen molar-refractivity contribution in [3.05, 3.63) is 68.4 Å². The zero-order chi connectivity index (χ0) is 17.6. The van der Waals surface area contributed by atoms with Crippen LogP contribution in [0.5, 0.6) is 0 Å². The van der Waals surface area contributed by atoms with Gasteiger partial charge in [0.25, 0.3) is 0 Å². The molecule has 2 N–H and O–H groups in total. The van der Waals surface area contributed by atoms with Crippen molar-refractivity contribution in [2.45, 2.75) is 26.6 Å². The molecule has 0 aliphatic rings. The molecule has 8 heteroatoms. The first-order chi connectivity index (χ1) is 12.2. The largest absolute Gasteiger partial charge is 0.468 e. The molecule has 0 aliphatic heterocycles. The van der Waals surface area contributed by atoms with E-state index in [9.17, 15) is 9.59 Å². The number of imidazole rings is 1. The average molecular weight is 361 g/mol. The van der Waals surface area contributed by atoms with Crippen LogP contribution in [-0.4, -0.2) is 27.4 Å². The molecule has 25 heavy (non-hydrogen) atoms. The minimum atomic E-state index is -0.538. The van der Waals surface area contributed by atoms with Crippen molar-refractivity contribution < 1.29 is 13.9 Å². The number of carbonyl (C=O) groups is 1. The zero-order valence-electron chi connectivity index (χ0n) is 13.8. The third kappa shape index (κ3) is 4.49. The van der Waals surface area contributed by atoms with Gasteiger partial charge in [-0.25, -0.2) is 9.59 Å². The molecule has 132 valence electrons. The molecule has 0 aliphatic carbocycles. The van der Waals surface area contributed by atoms with E-state index in [0.29, 0.717) is 25.3 Å². The molecule has 3 rings (SSSR count). The summed E-state index contributed by atoms with van der Waals surface area (Å²) in [6.07, 6.45) is 1.63. The highest BCUT2D eigenvalue weighted by Gasteiger charge is 2.20. The Balaban J connectivity index is 1.82. The average Bonchev–Trinajstić information content (AvgIpc) is 3.30. The lowest BCUT2D eigenvalue weighted by molar-refractivity contribution is 0.0517. The molecule has 0 fully saturated rings. The maximum absolute atomic E-state index is 12.0. The molecule has 0 bridgehead atoms. The van der Waals surface area contributed by atoms with Crippen molar-refractivity contribution in [3.8, 4) is 0 Å². The van der Waals surface area contributed by atoms with E-state index in [1.54, 1.807) is 24.5 Å². The van der Waals surface area contributed by atoms with Crippen LogP contribution in [0.4, 0.5) is 0 Å². The lowest BCUT2D eigenvalue weighted by Crippen LogP contribution is -2.23. The summed E-state index contributed by atoms with van der Waals surface area (Å²) in [5, 5.41) is 4.09. The normalized spacial score (nSPS) is 11.1. The lowest BCUT2D eigenvalue weighted by Gasteiger charge is -2.20. The van der Waals surface area contributed by atoms with E-state index >= 15 is 0 Å². The number of hydrogen-bond donors (Lipinski definition) is 2. The van der Waals surface area contributed by atoms with Gasteiger partial charge in [0.2, 0.25) is 0 Å². The standard InChI is InChI=1S/C17H19N3O4S/c1-2-23-16(21)15-14(18-17(22)19-15)10-20(8-12-5-7-25-11-12)9-13-4-3-6-24-13/h3-7,11H,2,8-10H2,1H3,(H2,18,19,22). The van der Waals surface area contributed by atoms with Crippen LogP contribution < -0.4 is 5.69 Å². The van der Waals surface area contributed by atoms with Gasteiger partial charge in [-0.1, -0.05) is 0 Å². The number of H-pyrrole nitrogens is 2. The van der Waals surface area contributed by atoms with Crippen LogP contribution >= 0.6 is 11.3 Å². The molecule has 0 spiro atoms. The highest BCUT2D eigenvalue weighted by atomic mass is 32.1. The zero-order valence-corrected chi connectivity index (χ0v) is 14.6. The Kier molecular flexibility index (Phi) is 5.52. The predicted molar refractivity (Wildman–Crippen MR) is 93.3 cm³/mol. The predicted octanol–water partition coefficient (Wildman–Crippen LogP) is 2.74. The second kappa shape index (κ2) is 8.00. The van der Waals surface area contributed by atoms with Gasteiger partial charge in [-0.2, -0.15) is 11.3 Å². The van der Waals surface area contributed by atoms with Crippen molar-refractivity contribution in [1.29, 1.82) is 0 Å². The molecule has 0 saturated heterocycles. The third-order valence-corrected chi connectivity index (χ3v) is 4.34. The fourth-order valence-corrected chi connectivity index (χ4v) is 3.23. The van der Waals surface area contributed by atoms with Crippen LogP contribution in [-0.2, 0) is 24.4 Å². The molecule has 0 atom stereocenters. The molecular weight excluding hydrogens is 342 g/mol. The molecule has 0 unspecified atom stereocenters. The summed E-state index contributed by atoms with van der Waals surface area (Å²) in [6, 6.07) is 5.78. The Labute approximate surface area is 148 Å². The van der Waals surface area contributed by atoms with E-state index in [1.807, 2.05) is 23.6 Å². The van der Waals surface area contributed by atoms with E-state index in [4.69, 9.17) is 9.15 Å². The summed E-state index contributed by atoms with van der Waals surface area (Å²) in [7, 11) is 0. The molecule has 0 saturated carbocycles. The molecule has 3 aromatic heterocycles. The lowest BCUT2D eigenvalue weighted by atomic mass is 10.2. The third-order valence-electron chi connectivity index (χ3n) is 3.61. The number of carbonyl (C=O) groups excluding carboxylic acids is 1. The SMILES string of the molecule is CCOC(=O)c1[nH]c(=O)[nH]c1CN(Cc1ccsc1)Cc1ccco1. The number of rotatable bonds is 8. The summed E-state index contributed by atoms with van der Waals surface area (Å²) in [5.41, 5.74) is 1.41. The summed E-state index contributed by atoms with van der Waals surface area (Å²) in [5.74, 6) is 0.273. The van der Waals surface area contributed by atoms with E-state index < -0.39 is 11.7 Å². The summed E-state index contributed by atoms with van der Waals surface area (Å²) in [4.78, 5) is 31.0. The first kappa shape index (κ1) is 17.2. The maximum Gasteiger partial charge on any atom is 0.356 e. The Hall–Kier alpha value is -2.58. The van der Waals surface area contributed by atoms with E-state index in [-0.39, 0.29) is 12.3 Å². The Morgan fingerprint density at radius 1 is 1.28 bits per heavy atom. The topological polar surface area (TPSA) is 91.3 Å². The van der Waals surface area contributed by atoms with Crippen molar-refractivity contribution in [2.75, 3.05) is 6.61 Å². The summed E-state index contributed by atoms with van der Waals surface area (Å²) < 4.78 is 10.4. The van der Waals surface area contributed by atoms with Crippen LogP contribution in [0.1, 0.15) is 34.4 Å². The van der Waals surface area contributed by atoms with Gasteiger partial charge in [-0.3, -0.25) is 9.88 Å². The molecule has 0 amide bonds. The van der Waals surface area contributed by atoms with Crippen molar-refractivity contribution in [1.82, 2.24) is 14.9 Å². The van der Waals surface area contributed by atoms with Crippen LogP contribution in [0.2, 0.25) is 0 Å². The molecule has 0 radical (unpaired) electrons.